The summed E-state index contributed by atoms with van der Waals surface area (Å²) in [5, 5.41) is 13.7. The van der Waals surface area contributed by atoms with Crippen LogP contribution in [0.15, 0.2) is 72.7 Å². The molecule has 2 aliphatic rings. The van der Waals surface area contributed by atoms with Gasteiger partial charge in [0.2, 0.25) is 5.91 Å². The standard InChI is InChI=1S/C35H43N9O16P2S/c1-2-3-9-25(45)41-20(12-27(46)63-16-19-7-5-4-6-8-19)34(48)59-30-23(58-33(29(30)47)44-18-40-28-31(37)38-17-39-32(28)44)15-56-62(53,54)60-21-13-26(43-11-10-24(36)42-35(43)49)57-22(21)14-55-61(50,51)52/h2,4-8,10-11,17-18,20-23,26,29-30,33,47H,1,3,9,12-16H2,(H,41,45)(H,53,54)(H2,36,42,49)(H2,37,38,39)(H2,50,51,52)/t20-,21+,22-,23+,26-,29-,30-,33-/m1/s1. The van der Waals surface area contributed by atoms with Crippen LogP contribution in [0.1, 0.15) is 43.7 Å². The second kappa shape index (κ2) is 20.7. The summed E-state index contributed by atoms with van der Waals surface area (Å²) in [6.45, 7) is 1.77. The SMILES string of the molecule is C=CCCC(=O)N[C@H](CC(=O)SCc1ccccc1)C(=O)O[C@H]1[C@@H](O)[C@H](n2cnc3c(N)ncnc32)O[C@H]1COP(=O)(O)O[C@H]1C[C@H](n2ccc(N)nc2=O)O[C@@H]1COP(=O)(O)O. The summed E-state index contributed by atoms with van der Waals surface area (Å²) in [5.41, 5.74) is 11.7. The number of hydrogen-bond donors (Lipinski definition) is 7. The lowest BCUT2D eigenvalue weighted by Gasteiger charge is -2.25. The summed E-state index contributed by atoms with van der Waals surface area (Å²) < 4.78 is 60.0. The van der Waals surface area contributed by atoms with E-state index < -0.39 is 107 Å². The van der Waals surface area contributed by atoms with E-state index in [4.69, 9.17) is 34.7 Å². The number of esters is 1. The lowest BCUT2D eigenvalue weighted by molar-refractivity contribution is -0.160. The summed E-state index contributed by atoms with van der Waals surface area (Å²) in [6, 6.07) is 8.72. The van der Waals surface area contributed by atoms with Gasteiger partial charge in [-0.2, -0.15) is 4.98 Å². The van der Waals surface area contributed by atoms with Crippen LogP contribution < -0.4 is 22.5 Å². The van der Waals surface area contributed by atoms with Crippen molar-refractivity contribution in [2.75, 3.05) is 24.7 Å². The normalized spacial score (nSPS) is 23.8. The number of ether oxygens (including phenoxy) is 3. The first-order chi connectivity index (χ1) is 29.9. The number of nitrogens with zero attached hydrogens (tertiary/aromatic N) is 6. The van der Waals surface area contributed by atoms with Gasteiger partial charge in [-0.25, -0.2) is 33.7 Å². The van der Waals surface area contributed by atoms with Crippen molar-refractivity contribution in [2.45, 2.75) is 80.5 Å². The minimum absolute atomic E-state index is 0.0162. The number of aromatic nitrogens is 6. The maximum absolute atomic E-state index is 13.9. The average molecular weight is 940 g/mol. The predicted octanol–water partition coefficient (Wildman–Crippen LogP) is 0.618. The van der Waals surface area contributed by atoms with E-state index in [0.29, 0.717) is 0 Å². The number of carbonyl (C=O) groups excluding carboxylic acids is 3. The molecule has 0 aliphatic carbocycles. The Morgan fingerprint density at radius 3 is 2.49 bits per heavy atom. The third-order valence-corrected chi connectivity index (χ3v) is 11.9. The van der Waals surface area contributed by atoms with E-state index in [-0.39, 0.29) is 47.8 Å². The van der Waals surface area contributed by atoms with Crippen molar-refractivity contribution in [1.82, 2.24) is 34.4 Å². The van der Waals surface area contributed by atoms with Crippen LogP contribution in [0.5, 0.6) is 0 Å². The molecule has 340 valence electrons. The first-order valence-corrected chi connectivity index (χ1v) is 22.8. The Morgan fingerprint density at radius 2 is 1.78 bits per heavy atom. The highest BCUT2D eigenvalue weighted by molar-refractivity contribution is 8.12. The number of amides is 1. The van der Waals surface area contributed by atoms with Gasteiger partial charge in [0.25, 0.3) is 0 Å². The van der Waals surface area contributed by atoms with Gasteiger partial charge >= 0.3 is 27.3 Å². The zero-order valence-corrected chi connectivity index (χ0v) is 35.5. The molecule has 63 heavy (non-hydrogen) atoms. The van der Waals surface area contributed by atoms with Crippen LogP contribution in [0, 0.1) is 0 Å². The molecule has 2 fully saturated rings. The molecular weight excluding hydrogens is 896 g/mol. The van der Waals surface area contributed by atoms with Gasteiger partial charge in [0, 0.05) is 31.2 Å². The highest BCUT2D eigenvalue weighted by Gasteiger charge is 2.50. The number of nitrogen functional groups attached to an aromatic ring is 2. The maximum atomic E-state index is 13.9. The number of fused-ring (bicyclic) bond motifs is 1. The number of anilines is 2. The molecule has 3 aromatic heterocycles. The number of benzene rings is 1. The largest absolute Gasteiger partial charge is 0.472 e. The topological polar surface area (TPSA) is 364 Å². The monoisotopic (exact) mass is 939 g/mol. The van der Waals surface area contributed by atoms with Gasteiger partial charge in [-0.3, -0.25) is 32.3 Å². The number of phosphoric ester groups is 2. The van der Waals surface area contributed by atoms with Gasteiger partial charge < -0.3 is 50.8 Å². The van der Waals surface area contributed by atoms with Gasteiger partial charge in [0.1, 0.15) is 54.3 Å². The van der Waals surface area contributed by atoms with Gasteiger partial charge in [0.05, 0.1) is 19.5 Å². The molecule has 25 nitrogen and oxygen atoms in total. The smallest absolute Gasteiger partial charge is 0.455 e. The molecule has 9 N–H and O–H groups in total. The number of hydrogen-bond acceptors (Lipinski definition) is 20. The predicted molar refractivity (Wildman–Crippen MR) is 218 cm³/mol. The molecular formula is C35H43N9O16P2S. The van der Waals surface area contributed by atoms with Gasteiger partial charge in [-0.1, -0.05) is 48.2 Å². The molecule has 0 spiro atoms. The molecule has 5 heterocycles. The van der Waals surface area contributed by atoms with Crippen LogP contribution in [0.4, 0.5) is 11.6 Å². The van der Waals surface area contributed by atoms with Crippen molar-refractivity contribution in [2.24, 2.45) is 0 Å². The molecule has 0 bridgehead atoms. The number of imidazole rings is 1. The van der Waals surface area contributed by atoms with Crippen LogP contribution in [0.25, 0.3) is 11.2 Å². The molecule has 1 aromatic carbocycles. The van der Waals surface area contributed by atoms with Crippen molar-refractivity contribution >= 4 is 67.2 Å². The quantitative estimate of drug-likeness (QED) is 0.0363. The van der Waals surface area contributed by atoms with Crippen LogP contribution in [0.3, 0.4) is 0 Å². The van der Waals surface area contributed by atoms with E-state index in [1.54, 1.807) is 12.1 Å². The fourth-order valence-electron chi connectivity index (χ4n) is 6.48. The Labute approximate surface area is 361 Å². The van der Waals surface area contributed by atoms with Crippen LogP contribution in [-0.4, -0.2) is 116 Å². The van der Waals surface area contributed by atoms with Crippen LogP contribution in [0.2, 0.25) is 0 Å². The number of carbonyl (C=O) groups is 3. The first-order valence-electron chi connectivity index (χ1n) is 18.8. The van der Waals surface area contributed by atoms with E-state index >= 15 is 0 Å². The fraction of sp³-hybridized carbons (Fsp3) is 0.429. The summed E-state index contributed by atoms with van der Waals surface area (Å²) in [4.78, 5) is 97.8. The molecule has 28 heteroatoms. The number of thioether (sulfide) groups is 1. The third-order valence-electron chi connectivity index (χ3n) is 9.45. The molecule has 9 atom stereocenters. The van der Waals surface area contributed by atoms with E-state index in [1.807, 2.05) is 18.2 Å². The summed E-state index contributed by atoms with van der Waals surface area (Å²) >= 11 is 0.899. The maximum Gasteiger partial charge on any atom is 0.472 e. The first kappa shape index (κ1) is 47.5. The third kappa shape index (κ3) is 12.6. The van der Waals surface area contributed by atoms with Crippen molar-refractivity contribution in [3.8, 4) is 0 Å². The molecule has 0 saturated carbocycles. The minimum Gasteiger partial charge on any atom is -0.455 e. The van der Waals surface area contributed by atoms with E-state index in [2.05, 4.69) is 36.4 Å². The number of rotatable bonds is 20. The van der Waals surface area contributed by atoms with Crippen LogP contribution >= 0.6 is 27.4 Å². The summed E-state index contributed by atoms with van der Waals surface area (Å²) in [5.74, 6) is -1.65. The fourth-order valence-corrected chi connectivity index (χ4v) is 8.58. The van der Waals surface area contributed by atoms with Gasteiger partial charge in [-0.15, -0.1) is 6.58 Å². The number of phosphoric acid groups is 2. The Balaban J connectivity index is 1.22. The van der Waals surface area contributed by atoms with Gasteiger partial charge in [0.15, 0.2) is 28.9 Å². The Morgan fingerprint density at radius 1 is 1.03 bits per heavy atom. The minimum atomic E-state index is -5.26. The average Bonchev–Trinajstić information content (AvgIpc) is 3.93. The van der Waals surface area contributed by atoms with E-state index in [9.17, 15) is 48.1 Å². The van der Waals surface area contributed by atoms with Crippen LogP contribution in [-0.2, 0) is 57.0 Å². The molecule has 0 radical (unpaired) electrons. The summed E-state index contributed by atoms with van der Waals surface area (Å²) in [7, 11) is -10.4. The number of aliphatic hydroxyl groups is 1. The highest BCUT2D eigenvalue weighted by Crippen LogP contribution is 2.50. The number of nitrogens with one attached hydrogen (secondary N) is 1. The number of nitrogens with two attached hydrogens (primary N) is 2. The number of aliphatic hydroxyl groups excluding tert-OH is 1. The van der Waals surface area contributed by atoms with Gasteiger partial charge in [-0.05, 0) is 18.1 Å². The van der Waals surface area contributed by atoms with Crippen molar-refractivity contribution < 1.29 is 71.1 Å². The van der Waals surface area contributed by atoms with Crippen molar-refractivity contribution in [3.05, 3.63) is 84.0 Å². The Bertz CT molecular complexity index is 2440. The second-order valence-electron chi connectivity index (χ2n) is 13.9. The molecule has 6 rings (SSSR count). The number of allylic oxidation sites excluding steroid dienone is 1. The summed E-state index contributed by atoms with van der Waals surface area (Å²) in [6.07, 6.45) is -6.48. The zero-order valence-electron chi connectivity index (χ0n) is 32.9. The molecule has 1 amide bonds. The van der Waals surface area contributed by atoms with Crippen molar-refractivity contribution in [3.63, 3.8) is 0 Å². The molecule has 4 aromatic rings. The van der Waals surface area contributed by atoms with E-state index in [1.165, 1.54) is 29.2 Å². The van der Waals surface area contributed by atoms with Crippen molar-refractivity contribution in [1.29, 1.82) is 0 Å². The second-order valence-corrected chi connectivity index (χ2v) is 17.6. The zero-order chi connectivity index (χ0) is 45.5. The molecule has 2 saturated heterocycles. The Kier molecular flexibility index (Phi) is 15.6. The molecule has 2 aliphatic heterocycles. The lowest BCUT2D eigenvalue weighted by atomic mass is 10.1. The highest BCUT2D eigenvalue weighted by atomic mass is 32.2. The Hall–Kier alpha value is -4.95. The molecule has 1 unspecified atom stereocenters. The van der Waals surface area contributed by atoms with E-state index in [0.717, 1.165) is 28.2 Å². The lowest BCUT2D eigenvalue weighted by Crippen LogP contribution is -2.47.